The number of carbonyl (C=O) groups is 2. The molecule has 4 rings (SSSR count). The van der Waals surface area contributed by atoms with Crippen LogP contribution in [0.25, 0.3) is 0 Å². The molecule has 2 N–H and O–H groups in total. The van der Waals surface area contributed by atoms with Crippen LogP contribution in [0.15, 0.2) is 90.0 Å². The van der Waals surface area contributed by atoms with Crippen LogP contribution in [0.5, 0.6) is 0 Å². The van der Waals surface area contributed by atoms with Gasteiger partial charge >= 0.3 is 5.97 Å². The number of hydrogen-bond acceptors (Lipinski definition) is 6. The second kappa shape index (κ2) is 8.08. The standard InChI is InChI=1S/C25H21N3O4/c1-3-13-28-20-12-8-7-11-18(20)25(24(28)30)19(14-26)22(27)32-16(2)21(25)23(29)31-15-17-9-5-4-6-10-17/h3-12H,1,13,15,27H2,2H3/t25-/m1/s1. The van der Waals surface area contributed by atoms with Crippen molar-refractivity contribution in [3.05, 3.63) is 101 Å². The van der Waals surface area contributed by atoms with Crippen LogP contribution in [0.2, 0.25) is 0 Å². The predicted molar refractivity (Wildman–Crippen MR) is 118 cm³/mol. The van der Waals surface area contributed by atoms with Crippen LogP contribution < -0.4 is 10.6 Å². The van der Waals surface area contributed by atoms with E-state index in [4.69, 9.17) is 15.2 Å². The minimum absolute atomic E-state index is 0.000173. The number of nitriles is 1. The zero-order valence-electron chi connectivity index (χ0n) is 17.5. The number of ether oxygens (including phenoxy) is 2. The molecule has 1 amide bonds. The number of nitrogens with two attached hydrogens (primary N) is 1. The Morgan fingerprint density at radius 1 is 1.25 bits per heavy atom. The molecule has 0 saturated carbocycles. The highest BCUT2D eigenvalue weighted by Gasteiger charge is 2.61. The Balaban J connectivity index is 1.89. The Kier molecular flexibility index (Phi) is 5.29. The first-order valence-electron chi connectivity index (χ1n) is 9.99. The number of nitrogens with zero attached hydrogens (tertiary/aromatic N) is 2. The van der Waals surface area contributed by atoms with E-state index in [0.717, 1.165) is 5.56 Å². The van der Waals surface area contributed by atoms with Gasteiger partial charge in [-0.3, -0.25) is 4.79 Å². The van der Waals surface area contributed by atoms with Crippen molar-refractivity contribution in [3.8, 4) is 6.07 Å². The molecule has 1 spiro atoms. The molecule has 2 aliphatic heterocycles. The average Bonchev–Trinajstić information content (AvgIpc) is 3.02. The first-order valence-corrected chi connectivity index (χ1v) is 9.99. The van der Waals surface area contributed by atoms with Gasteiger partial charge in [-0.25, -0.2) is 4.79 Å². The molecule has 2 aromatic rings. The lowest BCUT2D eigenvalue weighted by Crippen LogP contribution is -2.48. The van der Waals surface area contributed by atoms with E-state index in [-0.39, 0.29) is 35.9 Å². The number of amides is 1. The molecule has 2 aromatic carbocycles. The molecule has 2 heterocycles. The van der Waals surface area contributed by atoms with Gasteiger partial charge in [0.2, 0.25) is 11.8 Å². The molecule has 0 unspecified atom stereocenters. The lowest BCUT2D eigenvalue weighted by Gasteiger charge is -2.34. The highest BCUT2D eigenvalue weighted by Crippen LogP contribution is 2.54. The summed E-state index contributed by atoms with van der Waals surface area (Å²) in [6.45, 7) is 5.46. The number of rotatable bonds is 5. The summed E-state index contributed by atoms with van der Waals surface area (Å²) in [5.74, 6) is -1.33. The van der Waals surface area contributed by atoms with Crippen LogP contribution in [-0.2, 0) is 31.1 Å². The third-order valence-electron chi connectivity index (χ3n) is 5.62. The van der Waals surface area contributed by atoms with Crippen LogP contribution in [0, 0.1) is 11.3 Å². The van der Waals surface area contributed by atoms with E-state index < -0.39 is 17.3 Å². The first-order chi connectivity index (χ1) is 15.5. The normalized spacial score (nSPS) is 19.5. The predicted octanol–water partition coefficient (Wildman–Crippen LogP) is 3.20. The highest BCUT2D eigenvalue weighted by atomic mass is 16.5. The molecule has 7 heteroatoms. The van der Waals surface area contributed by atoms with Gasteiger partial charge in [-0.1, -0.05) is 54.6 Å². The Hall–Kier alpha value is -4.31. The average molecular weight is 427 g/mol. The molecule has 160 valence electrons. The van der Waals surface area contributed by atoms with E-state index in [1.165, 1.54) is 11.8 Å². The number of anilines is 1. The summed E-state index contributed by atoms with van der Waals surface area (Å²) in [5.41, 5.74) is 5.94. The Morgan fingerprint density at radius 2 is 1.94 bits per heavy atom. The number of carbonyl (C=O) groups excluding carboxylic acids is 2. The molecule has 0 saturated heterocycles. The van der Waals surface area contributed by atoms with Crippen LogP contribution in [0.4, 0.5) is 5.69 Å². The summed E-state index contributed by atoms with van der Waals surface area (Å²) in [6, 6.07) is 18.2. The molecular formula is C25H21N3O4. The van der Waals surface area contributed by atoms with Crippen molar-refractivity contribution in [2.75, 3.05) is 11.4 Å². The van der Waals surface area contributed by atoms with Crippen LogP contribution >= 0.6 is 0 Å². The Morgan fingerprint density at radius 3 is 2.62 bits per heavy atom. The quantitative estimate of drug-likeness (QED) is 0.580. The summed E-state index contributed by atoms with van der Waals surface area (Å²) in [4.78, 5) is 28.8. The number of hydrogen-bond donors (Lipinski definition) is 1. The van der Waals surface area contributed by atoms with E-state index in [9.17, 15) is 14.9 Å². The van der Waals surface area contributed by atoms with Crippen LogP contribution in [0.3, 0.4) is 0 Å². The van der Waals surface area contributed by atoms with Crippen LogP contribution in [0.1, 0.15) is 18.1 Å². The van der Waals surface area contributed by atoms with Crippen molar-refractivity contribution in [1.29, 1.82) is 5.26 Å². The maximum absolute atomic E-state index is 13.9. The number of esters is 1. The highest BCUT2D eigenvalue weighted by molar-refractivity contribution is 6.18. The lowest BCUT2D eigenvalue weighted by atomic mass is 9.68. The van der Waals surface area contributed by atoms with E-state index in [0.29, 0.717) is 11.3 Å². The fourth-order valence-corrected chi connectivity index (χ4v) is 4.32. The molecule has 2 aliphatic rings. The van der Waals surface area contributed by atoms with Crippen molar-refractivity contribution in [3.63, 3.8) is 0 Å². The second-order valence-electron chi connectivity index (χ2n) is 7.42. The van der Waals surface area contributed by atoms with Crippen molar-refractivity contribution in [1.82, 2.24) is 0 Å². The van der Waals surface area contributed by atoms with Gasteiger partial charge in [0.1, 0.15) is 29.6 Å². The second-order valence-corrected chi connectivity index (χ2v) is 7.42. The Bertz CT molecular complexity index is 1220. The van der Waals surface area contributed by atoms with Gasteiger partial charge in [0.05, 0.1) is 0 Å². The van der Waals surface area contributed by atoms with E-state index in [1.54, 1.807) is 30.3 Å². The smallest absolute Gasteiger partial charge is 0.339 e. The molecule has 0 aliphatic carbocycles. The summed E-state index contributed by atoms with van der Waals surface area (Å²) < 4.78 is 11.1. The number of benzene rings is 2. The van der Waals surface area contributed by atoms with Gasteiger partial charge in [-0.05, 0) is 18.6 Å². The third-order valence-corrected chi connectivity index (χ3v) is 5.62. The Labute approximate surface area is 185 Å². The molecule has 0 aromatic heterocycles. The number of para-hydroxylation sites is 1. The first kappa shape index (κ1) is 20.9. The van der Waals surface area contributed by atoms with E-state index in [1.807, 2.05) is 36.4 Å². The molecule has 0 fully saturated rings. The lowest BCUT2D eigenvalue weighted by molar-refractivity contribution is -0.142. The maximum atomic E-state index is 13.9. The van der Waals surface area contributed by atoms with Gasteiger partial charge in [0.25, 0.3) is 0 Å². The van der Waals surface area contributed by atoms with Gasteiger partial charge < -0.3 is 20.1 Å². The molecule has 0 bridgehead atoms. The monoisotopic (exact) mass is 427 g/mol. The molecule has 32 heavy (non-hydrogen) atoms. The van der Waals surface area contributed by atoms with Crippen molar-refractivity contribution in [2.45, 2.75) is 18.9 Å². The summed E-state index contributed by atoms with van der Waals surface area (Å²) >= 11 is 0. The van der Waals surface area contributed by atoms with Gasteiger partial charge in [0, 0.05) is 17.8 Å². The van der Waals surface area contributed by atoms with Crippen molar-refractivity contribution in [2.24, 2.45) is 5.73 Å². The largest absolute Gasteiger partial charge is 0.457 e. The maximum Gasteiger partial charge on any atom is 0.339 e. The number of fused-ring (bicyclic) bond motifs is 2. The SMILES string of the molecule is C=CCN1C(=O)[C@@]2(C(C#N)=C(N)OC(C)=C2C(=O)OCc2ccccc2)c2ccccc21. The van der Waals surface area contributed by atoms with Gasteiger partial charge in [-0.2, -0.15) is 5.26 Å². The van der Waals surface area contributed by atoms with Gasteiger partial charge in [-0.15, -0.1) is 6.58 Å². The summed E-state index contributed by atoms with van der Waals surface area (Å²) in [6.07, 6.45) is 1.58. The van der Waals surface area contributed by atoms with Crippen molar-refractivity contribution >= 4 is 17.6 Å². The fourth-order valence-electron chi connectivity index (χ4n) is 4.32. The van der Waals surface area contributed by atoms with Gasteiger partial charge in [0.15, 0.2) is 5.41 Å². The minimum atomic E-state index is -1.76. The third kappa shape index (κ3) is 2.96. The molecule has 1 atom stereocenters. The fraction of sp³-hybridized carbons (Fsp3) is 0.160. The summed E-state index contributed by atoms with van der Waals surface area (Å²) in [5, 5.41) is 10.0. The summed E-state index contributed by atoms with van der Waals surface area (Å²) in [7, 11) is 0. The minimum Gasteiger partial charge on any atom is -0.457 e. The molecular weight excluding hydrogens is 406 g/mol. The zero-order valence-corrected chi connectivity index (χ0v) is 17.5. The zero-order chi connectivity index (χ0) is 22.9. The van der Waals surface area contributed by atoms with E-state index >= 15 is 0 Å². The molecule has 7 nitrogen and oxygen atoms in total. The van der Waals surface area contributed by atoms with Crippen molar-refractivity contribution < 1.29 is 19.1 Å². The molecule has 0 radical (unpaired) electrons. The van der Waals surface area contributed by atoms with Crippen LogP contribution in [-0.4, -0.2) is 18.4 Å². The number of allylic oxidation sites excluding steroid dienone is 1. The topological polar surface area (TPSA) is 106 Å². The van der Waals surface area contributed by atoms with E-state index in [2.05, 4.69) is 6.58 Å².